The van der Waals surface area contributed by atoms with Gasteiger partial charge in [0.15, 0.2) is 17.1 Å². The molecule has 1 aromatic heterocycles. The molecule has 294 valence electrons. The first kappa shape index (κ1) is 36.8. The molecule has 2 aliphatic carbocycles. The molecule has 12 heteroatoms. The van der Waals surface area contributed by atoms with Crippen molar-refractivity contribution in [1.29, 1.82) is 0 Å². The minimum Gasteiger partial charge on any atom is -0.503 e. The molecule has 59 heavy (non-hydrogen) atoms. The first-order valence-corrected chi connectivity index (χ1v) is 20.3. The number of hydrogen-bond acceptors (Lipinski definition) is 9. The van der Waals surface area contributed by atoms with Gasteiger partial charge < -0.3 is 14.3 Å². The van der Waals surface area contributed by atoms with Crippen LogP contribution < -0.4 is 15.1 Å². The number of fused-ring (bicyclic) bond motifs is 5. The number of benzene rings is 5. The summed E-state index contributed by atoms with van der Waals surface area (Å²) in [5.74, 6) is -4.83. The molecule has 6 atom stereocenters. The van der Waals surface area contributed by atoms with Gasteiger partial charge in [0.1, 0.15) is 5.52 Å². The fourth-order valence-corrected chi connectivity index (χ4v) is 10.5. The Bertz CT molecular complexity index is 2720. The van der Waals surface area contributed by atoms with Crippen LogP contribution in [0.3, 0.4) is 0 Å². The van der Waals surface area contributed by atoms with Crippen LogP contribution in [-0.2, 0) is 24.6 Å². The molecule has 10 rings (SSSR count). The summed E-state index contributed by atoms with van der Waals surface area (Å²) >= 11 is 3.51. The van der Waals surface area contributed by atoms with E-state index in [-0.39, 0.29) is 36.2 Å². The molecule has 0 spiro atoms. The smallest absolute Gasteiger partial charge is 0.260 e. The number of nitrogens with one attached hydrogen (secondary N) is 1. The molecule has 3 fully saturated rings. The fraction of sp³-hybridized carbons (Fsp3) is 0.213. The molecule has 0 bridgehead atoms. The van der Waals surface area contributed by atoms with Crippen LogP contribution in [0.1, 0.15) is 35.4 Å². The van der Waals surface area contributed by atoms with E-state index in [1.54, 1.807) is 36.4 Å². The molecule has 6 aromatic rings. The van der Waals surface area contributed by atoms with Crippen molar-refractivity contribution in [3.8, 4) is 23.0 Å². The largest absolute Gasteiger partial charge is 0.503 e. The van der Waals surface area contributed by atoms with Crippen LogP contribution in [0.2, 0.25) is 0 Å². The Labute approximate surface area is 347 Å². The molecule has 3 heterocycles. The molecular formula is C47H37BrN4O7. The highest BCUT2D eigenvalue weighted by molar-refractivity contribution is 9.10. The minimum atomic E-state index is -1.47. The maximum absolute atomic E-state index is 15.5. The van der Waals surface area contributed by atoms with Gasteiger partial charge in [-0.1, -0.05) is 71.8 Å². The standard InChI is InChI=1S/C47H37BrN4O7/c1-25-12-16-29(17-13-25)50-52-44(55)34-24-33-31(40(27-22-35(48)41(53)38(23-27)58-2)47(34,46(52)57)28-8-4-3-5-9-28)20-21-32-39(33)45(56)51(43(32)54)30-18-14-26(15-19-30)42-49-36-10-6-7-11-37(36)59-42/h3-20,22-23,32-34,39-40,50,53H,21,24H2,1-2H3. The average molecular weight is 850 g/mol. The second-order valence-electron chi connectivity index (χ2n) is 15.7. The Kier molecular flexibility index (Phi) is 8.60. The van der Waals surface area contributed by atoms with Gasteiger partial charge in [-0.25, -0.2) is 4.98 Å². The highest BCUT2D eigenvalue weighted by Gasteiger charge is 2.70. The first-order chi connectivity index (χ1) is 28.6. The molecule has 2 N–H and O–H groups in total. The zero-order chi connectivity index (χ0) is 40.7. The molecule has 0 radical (unpaired) electrons. The number of nitrogens with zero attached hydrogens (tertiary/aromatic N) is 3. The number of phenolic OH excluding ortho intramolecular Hbond substituents is 1. The number of imide groups is 2. The van der Waals surface area contributed by atoms with Gasteiger partial charge in [0, 0.05) is 11.5 Å². The third kappa shape index (κ3) is 5.49. The van der Waals surface area contributed by atoms with Gasteiger partial charge in [-0.2, -0.15) is 5.01 Å². The first-order valence-electron chi connectivity index (χ1n) is 19.5. The van der Waals surface area contributed by atoms with Crippen LogP contribution >= 0.6 is 15.9 Å². The lowest BCUT2D eigenvalue weighted by Gasteiger charge is -2.50. The number of carbonyl (C=O) groups is 4. The zero-order valence-corrected chi connectivity index (χ0v) is 33.6. The summed E-state index contributed by atoms with van der Waals surface area (Å²) in [6, 6.07) is 34.7. The highest BCUT2D eigenvalue weighted by atomic mass is 79.9. The van der Waals surface area contributed by atoms with E-state index in [4.69, 9.17) is 9.15 Å². The average Bonchev–Trinajstić information content (AvgIpc) is 3.87. The number of ether oxygens (including phenoxy) is 1. The van der Waals surface area contributed by atoms with Gasteiger partial charge in [0.25, 0.3) is 11.8 Å². The second-order valence-corrected chi connectivity index (χ2v) is 16.5. The Morgan fingerprint density at radius 2 is 1.59 bits per heavy atom. The summed E-state index contributed by atoms with van der Waals surface area (Å²) in [6.07, 6.45) is 2.41. The summed E-state index contributed by atoms with van der Waals surface area (Å²) in [6.45, 7) is 1.96. The van der Waals surface area contributed by atoms with E-state index in [2.05, 4.69) is 26.3 Å². The fourth-order valence-electron chi connectivity index (χ4n) is 10.0. The van der Waals surface area contributed by atoms with Crippen molar-refractivity contribution in [3.63, 3.8) is 0 Å². The van der Waals surface area contributed by atoms with Crippen LogP contribution in [0.5, 0.6) is 11.5 Å². The van der Waals surface area contributed by atoms with Crippen molar-refractivity contribution in [1.82, 2.24) is 9.99 Å². The quantitative estimate of drug-likeness (QED) is 0.120. The van der Waals surface area contributed by atoms with Gasteiger partial charge in [-0.15, -0.1) is 0 Å². The van der Waals surface area contributed by atoms with Crippen molar-refractivity contribution in [2.24, 2.45) is 23.7 Å². The van der Waals surface area contributed by atoms with E-state index in [9.17, 15) is 19.5 Å². The molecule has 2 saturated heterocycles. The third-order valence-corrected chi connectivity index (χ3v) is 13.3. The maximum atomic E-state index is 15.5. The van der Waals surface area contributed by atoms with Gasteiger partial charge in [-0.05, 0) is 113 Å². The molecule has 4 aliphatic rings. The van der Waals surface area contributed by atoms with Crippen LogP contribution in [0.25, 0.3) is 22.6 Å². The molecule has 2 aliphatic heterocycles. The number of para-hydroxylation sites is 2. The maximum Gasteiger partial charge on any atom is 0.260 e. The Hall–Kier alpha value is -6.53. The Balaban J connectivity index is 1.09. The number of phenols is 1. The van der Waals surface area contributed by atoms with Crippen LogP contribution in [-0.4, -0.2) is 45.8 Å². The number of hydrazine groups is 1. The summed E-state index contributed by atoms with van der Waals surface area (Å²) < 4.78 is 11.9. The molecule has 4 amide bonds. The lowest BCUT2D eigenvalue weighted by atomic mass is 9.49. The zero-order valence-electron chi connectivity index (χ0n) is 32.0. The molecular weight excluding hydrogens is 812 g/mol. The number of aryl methyl sites for hydroxylation is 1. The summed E-state index contributed by atoms with van der Waals surface area (Å²) in [4.78, 5) is 65.5. The number of rotatable bonds is 7. The predicted molar refractivity (Wildman–Crippen MR) is 223 cm³/mol. The van der Waals surface area contributed by atoms with Gasteiger partial charge in [0.05, 0.1) is 46.1 Å². The molecule has 11 nitrogen and oxygen atoms in total. The number of aromatic hydroxyl groups is 1. The minimum absolute atomic E-state index is 0.113. The topological polar surface area (TPSA) is 142 Å². The Morgan fingerprint density at radius 1 is 0.864 bits per heavy atom. The van der Waals surface area contributed by atoms with Crippen molar-refractivity contribution in [2.75, 3.05) is 17.4 Å². The highest BCUT2D eigenvalue weighted by Crippen LogP contribution is 2.64. The van der Waals surface area contributed by atoms with Gasteiger partial charge in [-0.3, -0.25) is 29.5 Å². The number of amides is 4. The number of methoxy groups -OCH3 is 1. The van der Waals surface area contributed by atoms with Crippen molar-refractivity contribution < 1.29 is 33.4 Å². The van der Waals surface area contributed by atoms with Crippen molar-refractivity contribution in [2.45, 2.75) is 31.1 Å². The van der Waals surface area contributed by atoms with E-state index in [0.29, 0.717) is 44.0 Å². The summed E-state index contributed by atoms with van der Waals surface area (Å²) in [7, 11) is 1.45. The lowest BCUT2D eigenvalue weighted by molar-refractivity contribution is -0.138. The van der Waals surface area contributed by atoms with Crippen LogP contribution in [0.4, 0.5) is 11.4 Å². The SMILES string of the molecule is COc1cc(C2C3=CCC4C(=O)N(c5ccc(-c6nc7ccccc7o6)cc5)C(=O)C4C3CC3C(=O)N(Nc4ccc(C)cc4)C(=O)C32c2ccccc2)cc(Br)c1O. The van der Waals surface area contributed by atoms with Gasteiger partial charge in [0.2, 0.25) is 17.7 Å². The van der Waals surface area contributed by atoms with E-state index in [1.165, 1.54) is 12.0 Å². The monoisotopic (exact) mass is 848 g/mol. The third-order valence-electron chi connectivity index (χ3n) is 12.7. The van der Waals surface area contributed by atoms with E-state index in [0.717, 1.165) is 21.7 Å². The van der Waals surface area contributed by atoms with Crippen molar-refractivity contribution in [3.05, 3.63) is 148 Å². The van der Waals surface area contributed by atoms with Crippen molar-refractivity contribution >= 4 is 62.0 Å². The normalized spacial score (nSPS) is 24.9. The number of hydrogen-bond donors (Lipinski definition) is 2. The predicted octanol–water partition coefficient (Wildman–Crippen LogP) is 8.47. The number of halogens is 1. The van der Waals surface area contributed by atoms with Crippen LogP contribution in [0, 0.1) is 30.6 Å². The number of carbonyl (C=O) groups excluding carboxylic acids is 4. The van der Waals surface area contributed by atoms with Gasteiger partial charge >= 0.3 is 0 Å². The lowest BCUT2D eigenvalue weighted by Crippen LogP contribution is -2.53. The van der Waals surface area contributed by atoms with Crippen LogP contribution in [0.15, 0.2) is 136 Å². The Morgan fingerprint density at radius 3 is 2.32 bits per heavy atom. The van der Waals surface area contributed by atoms with E-state index in [1.807, 2.05) is 91.9 Å². The molecule has 6 unspecified atom stereocenters. The number of anilines is 2. The van der Waals surface area contributed by atoms with E-state index < -0.39 is 46.8 Å². The summed E-state index contributed by atoms with van der Waals surface area (Å²) in [5.41, 5.74) is 7.78. The number of allylic oxidation sites excluding steroid dienone is 2. The van der Waals surface area contributed by atoms with E-state index >= 15 is 4.79 Å². The second kappa shape index (κ2) is 13.8. The molecule has 1 saturated carbocycles. The summed E-state index contributed by atoms with van der Waals surface area (Å²) in [5, 5.41) is 12.1. The number of oxazole rings is 1. The number of aromatic nitrogens is 1. The molecule has 5 aromatic carbocycles.